The summed E-state index contributed by atoms with van der Waals surface area (Å²) in [5.74, 6) is 0.788. The first kappa shape index (κ1) is 16.7. The molecule has 25 heavy (non-hydrogen) atoms. The Balaban J connectivity index is 2.18. The van der Waals surface area contributed by atoms with Crippen LogP contribution in [0.1, 0.15) is 32.0 Å². The second-order valence-corrected chi connectivity index (χ2v) is 5.68. The van der Waals surface area contributed by atoms with Gasteiger partial charge in [0.1, 0.15) is 11.8 Å². The van der Waals surface area contributed by atoms with Gasteiger partial charge in [-0.3, -0.25) is 0 Å². The van der Waals surface area contributed by atoms with E-state index in [0.717, 1.165) is 35.7 Å². The average Bonchev–Trinajstić information content (AvgIpc) is 3.04. The number of nitriles is 1. The maximum absolute atomic E-state index is 9.62. The summed E-state index contributed by atoms with van der Waals surface area (Å²) in [6.45, 7) is 7.81. The zero-order valence-electron chi connectivity index (χ0n) is 14.6. The fraction of sp³-hybridized carbons (Fsp3) is 0.263. The van der Waals surface area contributed by atoms with E-state index in [-0.39, 0.29) is 5.71 Å². The van der Waals surface area contributed by atoms with E-state index in [1.54, 1.807) is 10.9 Å². The van der Waals surface area contributed by atoms with E-state index in [4.69, 9.17) is 0 Å². The SMILES string of the molecule is CCN(CC)C1=N/N=C(/C#N)c2c(cnn2-c2ccccc2)/C=C\1C. The van der Waals surface area contributed by atoms with Crippen molar-refractivity contribution < 1.29 is 0 Å². The molecule has 2 heterocycles. The first-order valence-electron chi connectivity index (χ1n) is 8.32. The summed E-state index contributed by atoms with van der Waals surface area (Å²) < 4.78 is 1.74. The molecule has 3 rings (SSSR count). The van der Waals surface area contributed by atoms with Crippen LogP contribution in [0.4, 0.5) is 0 Å². The van der Waals surface area contributed by atoms with E-state index in [0.29, 0.717) is 5.69 Å². The molecule has 126 valence electrons. The molecule has 0 aliphatic carbocycles. The third-order valence-electron chi connectivity index (χ3n) is 4.16. The summed E-state index contributed by atoms with van der Waals surface area (Å²) >= 11 is 0. The van der Waals surface area contributed by atoms with E-state index in [2.05, 4.69) is 40.1 Å². The maximum Gasteiger partial charge on any atom is 0.189 e. The van der Waals surface area contributed by atoms with E-state index < -0.39 is 0 Å². The Morgan fingerprint density at radius 2 is 1.84 bits per heavy atom. The van der Waals surface area contributed by atoms with Crippen LogP contribution in [0.5, 0.6) is 0 Å². The minimum atomic E-state index is 0.254. The summed E-state index contributed by atoms with van der Waals surface area (Å²) in [6, 6.07) is 11.9. The van der Waals surface area contributed by atoms with E-state index in [1.165, 1.54) is 0 Å². The summed E-state index contributed by atoms with van der Waals surface area (Å²) in [5, 5.41) is 22.7. The molecule has 0 N–H and O–H groups in total. The zero-order chi connectivity index (χ0) is 17.8. The first-order valence-corrected chi connectivity index (χ1v) is 8.32. The topological polar surface area (TPSA) is 69.6 Å². The van der Waals surface area contributed by atoms with Gasteiger partial charge in [-0.15, -0.1) is 10.2 Å². The maximum atomic E-state index is 9.62. The van der Waals surface area contributed by atoms with Crippen LogP contribution in [0.3, 0.4) is 0 Å². The molecule has 1 aromatic heterocycles. The Labute approximate surface area is 147 Å². The van der Waals surface area contributed by atoms with Crippen molar-refractivity contribution in [3.05, 3.63) is 53.4 Å². The smallest absolute Gasteiger partial charge is 0.189 e. The molecule has 1 aromatic carbocycles. The number of amidine groups is 1. The fourth-order valence-electron chi connectivity index (χ4n) is 2.90. The summed E-state index contributed by atoms with van der Waals surface area (Å²) in [6.07, 6.45) is 3.79. The molecular weight excluding hydrogens is 312 g/mol. The molecule has 1 aliphatic heterocycles. The van der Waals surface area contributed by atoms with Crippen LogP contribution >= 0.6 is 0 Å². The summed E-state index contributed by atoms with van der Waals surface area (Å²) in [7, 11) is 0. The van der Waals surface area contributed by atoms with Crippen LogP contribution in [-0.2, 0) is 0 Å². The van der Waals surface area contributed by atoms with Gasteiger partial charge in [-0.2, -0.15) is 10.4 Å². The van der Waals surface area contributed by atoms with Crippen LogP contribution in [-0.4, -0.2) is 39.3 Å². The Morgan fingerprint density at radius 1 is 1.12 bits per heavy atom. The van der Waals surface area contributed by atoms with Gasteiger partial charge in [0.25, 0.3) is 0 Å². The van der Waals surface area contributed by atoms with Gasteiger partial charge >= 0.3 is 0 Å². The van der Waals surface area contributed by atoms with Crippen molar-refractivity contribution in [3.8, 4) is 11.8 Å². The molecule has 0 radical (unpaired) electrons. The number of benzene rings is 1. The van der Waals surface area contributed by atoms with Gasteiger partial charge in [0.05, 0.1) is 11.9 Å². The zero-order valence-corrected chi connectivity index (χ0v) is 14.6. The number of para-hydroxylation sites is 1. The van der Waals surface area contributed by atoms with E-state index >= 15 is 0 Å². The number of hydrogen-bond donors (Lipinski definition) is 0. The van der Waals surface area contributed by atoms with Crippen LogP contribution in [0.25, 0.3) is 11.8 Å². The predicted octanol–water partition coefficient (Wildman–Crippen LogP) is 3.26. The molecule has 0 amide bonds. The lowest BCUT2D eigenvalue weighted by Gasteiger charge is -2.23. The molecule has 6 nitrogen and oxygen atoms in total. The van der Waals surface area contributed by atoms with Gasteiger partial charge in [0.2, 0.25) is 0 Å². The lowest BCUT2D eigenvalue weighted by Crippen LogP contribution is -2.31. The van der Waals surface area contributed by atoms with Crippen molar-refractivity contribution >= 4 is 17.6 Å². The molecular formula is C19H20N6. The lowest BCUT2D eigenvalue weighted by atomic mass is 10.1. The largest absolute Gasteiger partial charge is 0.355 e. The Morgan fingerprint density at radius 3 is 2.48 bits per heavy atom. The Kier molecular flexibility index (Phi) is 4.75. The van der Waals surface area contributed by atoms with Crippen LogP contribution in [0, 0.1) is 11.3 Å². The highest BCUT2D eigenvalue weighted by Gasteiger charge is 2.21. The predicted molar refractivity (Wildman–Crippen MR) is 99.7 cm³/mol. The third-order valence-corrected chi connectivity index (χ3v) is 4.16. The second-order valence-electron chi connectivity index (χ2n) is 5.68. The van der Waals surface area contributed by atoms with Crippen molar-refractivity contribution in [2.75, 3.05) is 13.1 Å². The van der Waals surface area contributed by atoms with Crippen LogP contribution in [0.15, 0.2) is 52.3 Å². The number of rotatable bonds is 3. The molecule has 0 unspecified atom stereocenters. The van der Waals surface area contributed by atoms with Gasteiger partial charge in [-0.05, 0) is 44.6 Å². The van der Waals surface area contributed by atoms with Crippen molar-refractivity contribution in [2.24, 2.45) is 10.2 Å². The minimum Gasteiger partial charge on any atom is -0.355 e. The normalized spacial score (nSPS) is 19.8. The number of nitrogens with zero attached hydrogens (tertiary/aromatic N) is 6. The molecule has 6 heteroatoms. The van der Waals surface area contributed by atoms with Crippen molar-refractivity contribution in [2.45, 2.75) is 20.8 Å². The van der Waals surface area contributed by atoms with Crippen molar-refractivity contribution in [3.63, 3.8) is 0 Å². The highest BCUT2D eigenvalue weighted by atomic mass is 15.3. The van der Waals surface area contributed by atoms with Gasteiger partial charge in [-0.1, -0.05) is 18.2 Å². The highest BCUT2D eigenvalue weighted by Crippen LogP contribution is 2.21. The molecule has 2 aromatic rings. The molecule has 0 saturated carbocycles. The molecule has 0 bridgehead atoms. The van der Waals surface area contributed by atoms with Gasteiger partial charge < -0.3 is 4.90 Å². The highest BCUT2D eigenvalue weighted by molar-refractivity contribution is 6.14. The molecule has 1 aliphatic rings. The summed E-state index contributed by atoms with van der Waals surface area (Å²) in [4.78, 5) is 2.12. The number of likely N-dealkylation sites (N-methyl/N-ethyl adjacent to an activating group) is 1. The quantitative estimate of drug-likeness (QED) is 0.866. The van der Waals surface area contributed by atoms with Crippen molar-refractivity contribution in [1.82, 2.24) is 14.7 Å². The minimum absolute atomic E-state index is 0.254. The molecule has 0 saturated heterocycles. The number of hydrogen-bond acceptors (Lipinski definition) is 5. The average molecular weight is 332 g/mol. The van der Waals surface area contributed by atoms with E-state index in [9.17, 15) is 5.26 Å². The van der Waals surface area contributed by atoms with Crippen molar-refractivity contribution in [1.29, 1.82) is 5.26 Å². The molecule has 0 fully saturated rings. The van der Waals surface area contributed by atoms with E-state index in [1.807, 2.05) is 43.3 Å². The van der Waals surface area contributed by atoms with Gasteiger partial charge in [-0.25, -0.2) is 4.68 Å². The van der Waals surface area contributed by atoms with Gasteiger partial charge in [0, 0.05) is 18.7 Å². The number of fused-ring (bicyclic) bond motifs is 1. The standard InChI is InChI=1S/C19H20N6/c1-4-24(5-2)19-14(3)11-15-13-21-25(16-9-7-6-8-10-16)18(15)17(12-20)22-23-19/h6-11,13H,4-5H2,1-3H3/b14-11-,15-11?,18-17?,19-14?,22-17-,23-19+,23-22?. The lowest BCUT2D eigenvalue weighted by molar-refractivity contribution is 0.464. The van der Waals surface area contributed by atoms with Crippen LogP contribution in [0.2, 0.25) is 0 Å². The Hall–Kier alpha value is -3.20. The monoisotopic (exact) mass is 332 g/mol. The third kappa shape index (κ3) is 3.09. The molecule has 0 spiro atoms. The molecule has 0 atom stereocenters. The summed E-state index contributed by atoms with van der Waals surface area (Å²) in [5.41, 5.74) is 3.66. The number of aromatic nitrogens is 2. The first-order chi connectivity index (χ1) is 12.2. The van der Waals surface area contributed by atoms with Gasteiger partial charge in [0.15, 0.2) is 11.5 Å². The second kappa shape index (κ2) is 7.14. The Bertz CT molecular complexity index is 892. The fourth-order valence-corrected chi connectivity index (χ4v) is 2.90. The van der Waals surface area contributed by atoms with Crippen LogP contribution < -0.4 is 0 Å².